The minimum atomic E-state index is -1.93. The summed E-state index contributed by atoms with van der Waals surface area (Å²) in [6, 6.07) is 0. The van der Waals surface area contributed by atoms with Crippen molar-refractivity contribution in [2.24, 2.45) is 0 Å². The third kappa shape index (κ3) is 37.1. The lowest BCUT2D eigenvalue weighted by molar-refractivity contribution is -0.301. The fraction of sp³-hybridized carbons (Fsp3) is 0.661. The zero-order chi connectivity index (χ0) is 51.8. The number of ether oxygens (including phenoxy) is 5. The van der Waals surface area contributed by atoms with Gasteiger partial charge in [-0.2, -0.15) is 0 Å². The number of carbonyl (C=O) groups is 4. The van der Waals surface area contributed by atoms with E-state index in [4.69, 9.17) is 23.7 Å². The molecule has 0 aromatic heterocycles. The van der Waals surface area contributed by atoms with Gasteiger partial charge in [0.1, 0.15) is 18.8 Å². The number of esters is 3. The Morgan fingerprint density at radius 3 is 1.41 bits per heavy atom. The first kappa shape index (κ1) is 64.7. The summed E-state index contributed by atoms with van der Waals surface area (Å²) in [6.07, 6.45) is 48.5. The zero-order valence-corrected chi connectivity index (χ0v) is 43.9. The van der Waals surface area contributed by atoms with Gasteiger partial charge >= 0.3 is 23.9 Å². The van der Waals surface area contributed by atoms with Crippen LogP contribution in [0.3, 0.4) is 0 Å². The molecule has 0 spiro atoms. The maximum atomic E-state index is 13.0. The van der Waals surface area contributed by atoms with E-state index in [1.807, 2.05) is 18.2 Å². The molecule has 0 saturated carbocycles. The SMILES string of the molecule is CC/C=C\C/C=C\C/C=C\C/C=C\CCCCCCCCC(=O)OCC(COC1OC(C(=O)O)C(O)C(O)C1OC(=O)CC/C=C\C/C=C\C/C=C\C/C=C\CC)OC(=O)CCCCCCCCCCC. The summed E-state index contributed by atoms with van der Waals surface area (Å²) in [6.45, 7) is 5.66. The highest BCUT2D eigenvalue weighted by molar-refractivity contribution is 5.74. The van der Waals surface area contributed by atoms with Gasteiger partial charge < -0.3 is 39.0 Å². The van der Waals surface area contributed by atoms with E-state index in [1.54, 1.807) is 0 Å². The van der Waals surface area contributed by atoms with Crippen LogP contribution in [0.2, 0.25) is 0 Å². The molecule has 402 valence electrons. The molecule has 1 rings (SSSR count). The van der Waals surface area contributed by atoms with Crippen LogP contribution in [-0.4, -0.2) is 89.2 Å². The molecule has 1 fully saturated rings. The highest BCUT2D eigenvalue weighted by atomic mass is 16.7. The van der Waals surface area contributed by atoms with Gasteiger partial charge in [0.2, 0.25) is 0 Å². The van der Waals surface area contributed by atoms with Crippen molar-refractivity contribution in [3.63, 3.8) is 0 Å². The van der Waals surface area contributed by atoms with Crippen LogP contribution in [0.25, 0.3) is 0 Å². The molecule has 0 aromatic rings. The molecular weight excluding hydrogens is 901 g/mol. The second-order valence-corrected chi connectivity index (χ2v) is 18.1. The summed E-state index contributed by atoms with van der Waals surface area (Å²) in [5, 5.41) is 31.3. The summed E-state index contributed by atoms with van der Waals surface area (Å²) >= 11 is 0. The van der Waals surface area contributed by atoms with Crippen molar-refractivity contribution in [3.8, 4) is 0 Å². The summed E-state index contributed by atoms with van der Waals surface area (Å²) in [5.74, 6) is -3.26. The van der Waals surface area contributed by atoms with Gasteiger partial charge in [-0.25, -0.2) is 4.79 Å². The third-order valence-electron chi connectivity index (χ3n) is 11.7. The van der Waals surface area contributed by atoms with Crippen LogP contribution >= 0.6 is 0 Å². The Hall–Kier alpha value is -4.36. The average molecular weight is 995 g/mol. The van der Waals surface area contributed by atoms with E-state index < -0.39 is 67.3 Å². The van der Waals surface area contributed by atoms with E-state index in [0.717, 1.165) is 103 Å². The number of aliphatic hydroxyl groups is 2. The molecule has 6 atom stereocenters. The molecule has 0 aromatic carbocycles. The fourth-order valence-electron chi connectivity index (χ4n) is 7.55. The van der Waals surface area contributed by atoms with Gasteiger partial charge in [0.05, 0.1) is 6.61 Å². The van der Waals surface area contributed by atoms with Gasteiger partial charge in [0, 0.05) is 19.3 Å². The fourth-order valence-corrected chi connectivity index (χ4v) is 7.55. The highest BCUT2D eigenvalue weighted by Gasteiger charge is 2.50. The minimum absolute atomic E-state index is 0.0651. The third-order valence-corrected chi connectivity index (χ3v) is 11.7. The molecule has 0 amide bonds. The second-order valence-electron chi connectivity index (χ2n) is 18.1. The number of aliphatic hydroxyl groups excluding tert-OH is 2. The molecule has 71 heavy (non-hydrogen) atoms. The van der Waals surface area contributed by atoms with Crippen molar-refractivity contribution in [1.29, 1.82) is 0 Å². The van der Waals surface area contributed by atoms with Crippen molar-refractivity contribution in [3.05, 3.63) is 97.2 Å². The van der Waals surface area contributed by atoms with Crippen molar-refractivity contribution in [2.75, 3.05) is 13.2 Å². The minimum Gasteiger partial charge on any atom is -0.479 e. The Kier molecular flexibility index (Phi) is 42.5. The maximum Gasteiger partial charge on any atom is 0.335 e. The number of aliphatic carboxylic acids is 1. The van der Waals surface area contributed by atoms with Crippen LogP contribution in [0, 0.1) is 0 Å². The largest absolute Gasteiger partial charge is 0.479 e. The predicted molar refractivity (Wildman–Crippen MR) is 284 cm³/mol. The smallest absolute Gasteiger partial charge is 0.335 e. The molecule has 1 aliphatic rings. The van der Waals surface area contributed by atoms with E-state index >= 15 is 0 Å². The summed E-state index contributed by atoms with van der Waals surface area (Å²) in [5.41, 5.74) is 0. The summed E-state index contributed by atoms with van der Waals surface area (Å²) < 4.78 is 28.2. The molecule has 0 bridgehead atoms. The maximum absolute atomic E-state index is 13.0. The molecular formula is C59H94O12. The molecule has 0 radical (unpaired) electrons. The van der Waals surface area contributed by atoms with Crippen LogP contribution in [-0.2, 0) is 42.9 Å². The van der Waals surface area contributed by atoms with Crippen LogP contribution in [0.15, 0.2) is 97.2 Å². The van der Waals surface area contributed by atoms with E-state index in [2.05, 4.69) is 99.8 Å². The molecule has 12 nitrogen and oxygen atoms in total. The monoisotopic (exact) mass is 995 g/mol. The Balaban J connectivity index is 2.71. The first-order valence-electron chi connectivity index (χ1n) is 27.2. The normalized spacial score (nSPS) is 19.3. The molecule has 1 heterocycles. The van der Waals surface area contributed by atoms with Gasteiger partial charge in [-0.3, -0.25) is 14.4 Å². The number of carboxylic acids is 1. The average Bonchev–Trinajstić information content (AvgIpc) is 3.35. The topological polar surface area (TPSA) is 175 Å². The van der Waals surface area contributed by atoms with Crippen molar-refractivity contribution < 1.29 is 58.2 Å². The van der Waals surface area contributed by atoms with Gasteiger partial charge in [0.25, 0.3) is 0 Å². The molecule has 1 saturated heterocycles. The number of allylic oxidation sites excluding steroid dienone is 16. The van der Waals surface area contributed by atoms with Gasteiger partial charge in [-0.15, -0.1) is 0 Å². The van der Waals surface area contributed by atoms with Gasteiger partial charge in [-0.1, -0.05) is 195 Å². The van der Waals surface area contributed by atoms with Crippen LogP contribution < -0.4 is 0 Å². The molecule has 3 N–H and O–H groups in total. The van der Waals surface area contributed by atoms with E-state index in [-0.39, 0.29) is 25.9 Å². The van der Waals surface area contributed by atoms with Crippen LogP contribution in [0.5, 0.6) is 0 Å². The predicted octanol–water partition coefficient (Wildman–Crippen LogP) is 13.3. The van der Waals surface area contributed by atoms with E-state index in [0.29, 0.717) is 25.7 Å². The van der Waals surface area contributed by atoms with Gasteiger partial charge in [0.15, 0.2) is 24.6 Å². The Labute approximate surface area is 428 Å². The highest BCUT2D eigenvalue weighted by Crippen LogP contribution is 2.26. The van der Waals surface area contributed by atoms with Crippen LogP contribution in [0.4, 0.5) is 0 Å². The van der Waals surface area contributed by atoms with E-state index in [9.17, 15) is 34.5 Å². The Morgan fingerprint density at radius 1 is 0.479 bits per heavy atom. The van der Waals surface area contributed by atoms with Crippen molar-refractivity contribution in [2.45, 2.75) is 237 Å². The lowest BCUT2D eigenvalue weighted by atomic mass is 9.98. The number of rotatable bonds is 44. The Bertz CT molecular complexity index is 1610. The first-order valence-corrected chi connectivity index (χ1v) is 27.2. The molecule has 1 aliphatic heterocycles. The molecule has 0 aliphatic carbocycles. The first-order chi connectivity index (χ1) is 34.6. The zero-order valence-electron chi connectivity index (χ0n) is 43.9. The van der Waals surface area contributed by atoms with Crippen LogP contribution in [0.1, 0.15) is 201 Å². The number of carbonyl (C=O) groups excluding carboxylic acids is 3. The Morgan fingerprint density at radius 2 is 0.915 bits per heavy atom. The molecule has 12 heteroatoms. The molecule has 6 unspecified atom stereocenters. The number of unbranched alkanes of at least 4 members (excludes halogenated alkanes) is 14. The number of hydrogen-bond donors (Lipinski definition) is 3. The lowest BCUT2D eigenvalue weighted by Gasteiger charge is -2.40. The lowest BCUT2D eigenvalue weighted by Crippen LogP contribution is -2.61. The quantitative estimate of drug-likeness (QED) is 0.0228. The number of hydrogen-bond acceptors (Lipinski definition) is 11. The summed E-state index contributed by atoms with van der Waals surface area (Å²) in [4.78, 5) is 50.8. The van der Waals surface area contributed by atoms with Gasteiger partial charge in [-0.05, 0) is 83.5 Å². The van der Waals surface area contributed by atoms with Crippen molar-refractivity contribution >= 4 is 23.9 Å². The summed E-state index contributed by atoms with van der Waals surface area (Å²) in [7, 11) is 0. The second kappa shape index (κ2) is 46.7. The number of carboxylic acid groups (broad SMARTS) is 1. The van der Waals surface area contributed by atoms with E-state index in [1.165, 1.54) is 32.1 Å². The standard InChI is InChI=1S/C59H94O12/c1-4-7-10-13-16-19-21-23-24-25-26-27-28-30-31-34-36-39-42-45-51(60)67-48-50(69-52(61)46-43-40-37-33-18-15-12-9-6-3)49-68-59-57(55(64)54(63)56(71-59)58(65)66)70-53(62)47-44-41-38-35-32-29-22-20-17-14-11-8-5-2/h7-8,10-11,16-17,19-20,23-24,26-27,29,32,38,41,50,54-57,59,63-64H,4-6,9,12-15,18,21-22,25,28,30-31,33-37,39-40,42-49H2,1-3H3,(H,65,66)/b10-7-,11-8-,19-16-,20-17-,24-23-,27-26-,32-29-,41-38-. The van der Waals surface area contributed by atoms with Crippen molar-refractivity contribution in [1.82, 2.24) is 0 Å².